The van der Waals surface area contributed by atoms with Crippen molar-refractivity contribution in [1.82, 2.24) is 10.2 Å². The normalized spacial score (nSPS) is 24.6. The largest absolute Gasteiger partial charge is 0.435 e. The first kappa shape index (κ1) is 14.0. The van der Waals surface area contributed by atoms with Crippen molar-refractivity contribution in [1.29, 1.82) is 0 Å². The molecule has 2 unspecified atom stereocenters. The van der Waals surface area contributed by atoms with E-state index in [1.165, 1.54) is 6.07 Å². The molecule has 106 valence electrons. The number of hydrogen-bond acceptors (Lipinski definition) is 5. The number of rotatable bonds is 2. The summed E-state index contributed by atoms with van der Waals surface area (Å²) in [5.74, 6) is 0.405. The van der Waals surface area contributed by atoms with Crippen LogP contribution >= 0.6 is 0 Å². The maximum atomic E-state index is 12.4. The molecule has 1 aliphatic rings. The third-order valence-electron chi connectivity index (χ3n) is 3.00. The van der Waals surface area contributed by atoms with Gasteiger partial charge in [0.25, 0.3) is 0 Å². The van der Waals surface area contributed by atoms with Crippen molar-refractivity contribution in [3.8, 4) is 0 Å². The molecule has 1 fully saturated rings. The van der Waals surface area contributed by atoms with Gasteiger partial charge in [-0.25, -0.2) is 0 Å². The molecule has 1 aromatic rings. The minimum absolute atomic E-state index is 0.0221. The lowest BCUT2D eigenvalue weighted by molar-refractivity contribution is -0.141. The molecule has 19 heavy (non-hydrogen) atoms. The van der Waals surface area contributed by atoms with Gasteiger partial charge < -0.3 is 15.4 Å². The molecular formula is C11H15F3N4O. The summed E-state index contributed by atoms with van der Waals surface area (Å²) >= 11 is 0. The summed E-state index contributed by atoms with van der Waals surface area (Å²) in [5.41, 5.74) is 4.54. The second kappa shape index (κ2) is 5.30. The van der Waals surface area contributed by atoms with Gasteiger partial charge in [-0.3, -0.25) is 0 Å². The second-order valence-electron chi connectivity index (χ2n) is 4.47. The molecule has 1 aromatic heterocycles. The van der Waals surface area contributed by atoms with Crippen molar-refractivity contribution < 1.29 is 17.9 Å². The Morgan fingerprint density at radius 3 is 2.68 bits per heavy atom. The molecule has 5 nitrogen and oxygen atoms in total. The molecule has 0 bridgehead atoms. The van der Waals surface area contributed by atoms with E-state index in [1.807, 2.05) is 11.8 Å². The van der Waals surface area contributed by atoms with Crippen LogP contribution in [0.15, 0.2) is 12.1 Å². The third-order valence-corrected chi connectivity index (χ3v) is 3.00. The minimum Gasteiger partial charge on any atom is -0.373 e. The highest BCUT2D eigenvalue weighted by molar-refractivity contribution is 5.39. The van der Waals surface area contributed by atoms with Crippen LogP contribution in [0.25, 0.3) is 0 Å². The fourth-order valence-electron chi connectivity index (χ4n) is 1.91. The minimum atomic E-state index is -4.47. The molecule has 2 heterocycles. The number of alkyl halides is 3. The zero-order valence-corrected chi connectivity index (χ0v) is 10.4. The molecular weight excluding hydrogens is 261 g/mol. The maximum Gasteiger partial charge on any atom is 0.435 e. The van der Waals surface area contributed by atoms with Crippen LogP contribution in [-0.4, -0.2) is 42.0 Å². The first-order chi connectivity index (χ1) is 8.91. The van der Waals surface area contributed by atoms with Crippen LogP contribution in [0.5, 0.6) is 0 Å². The Labute approximate surface area is 108 Å². The zero-order valence-electron chi connectivity index (χ0n) is 10.4. The molecule has 0 aromatic carbocycles. The molecule has 1 aliphatic heterocycles. The highest BCUT2D eigenvalue weighted by Gasteiger charge is 2.33. The van der Waals surface area contributed by atoms with E-state index in [9.17, 15) is 13.2 Å². The fraction of sp³-hybridized carbons (Fsp3) is 0.636. The predicted molar refractivity (Wildman–Crippen MR) is 62.6 cm³/mol. The van der Waals surface area contributed by atoms with E-state index in [-0.39, 0.29) is 12.1 Å². The standard InChI is InChI=1S/C11H15F3N4O/c1-7-6-19-8(4-15)5-18(7)10-3-2-9(16-17-10)11(12,13)14/h2-3,7-8H,4-6,15H2,1H3. The molecule has 0 spiro atoms. The number of ether oxygens (including phenoxy) is 1. The first-order valence-electron chi connectivity index (χ1n) is 5.91. The number of aromatic nitrogens is 2. The molecule has 8 heteroatoms. The monoisotopic (exact) mass is 276 g/mol. The van der Waals surface area contributed by atoms with Gasteiger partial charge in [-0.1, -0.05) is 0 Å². The van der Waals surface area contributed by atoms with Gasteiger partial charge in [0.1, 0.15) is 0 Å². The number of hydrogen-bond donors (Lipinski definition) is 1. The van der Waals surface area contributed by atoms with Crippen molar-refractivity contribution in [2.45, 2.75) is 25.2 Å². The van der Waals surface area contributed by atoms with Gasteiger partial charge in [-0.05, 0) is 19.1 Å². The van der Waals surface area contributed by atoms with Gasteiger partial charge in [0.15, 0.2) is 11.5 Å². The molecule has 0 amide bonds. The average molecular weight is 276 g/mol. The molecule has 1 saturated heterocycles. The van der Waals surface area contributed by atoms with Crippen LogP contribution in [0.2, 0.25) is 0 Å². The summed E-state index contributed by atoms with van der Waals surface area (Å²) in [6.07, 6.45) is -4.61. The Hall–Kier alpha value is -1.41. The number of anilines is 1. The van der Waals surface area contributed by atoms with Gasteiger partial charge in [0, 0.05) is 13.1 Å². The van der Waals surface area contributed by atoms with Crippen molar-refractivity contribution in [2.24, 2.45) is 5.73 Å². The van der Waals surface area contributed by atoms with Crippen LogP contribution in [0, 0.1) is 0 Å². The molecule has 0 radical (unpaired) electrons. The van der Waals surface area contributed by atoms with E-state index in [0.29, 0.717) is 25.5 Å². The van der Waals surface area contributed by atoms with Crippen LogP contribution in [0.1, 0.15) is 12.6 Å². The van der Waals surface area contributed by atoms with Crippen LogP contribution in [0.4, 0.5) is 19.0 Å². The van der Waals surface area contributed by atoms with Gasteiger partial charge >= 0.3 is 6.18 Å². The first-order valence-corrected chi connectivity index (χ1v) is 5.91. The van der Waals surface area contributed by atoms with E-state index in [0.717, 1.165) is 6.07 Å². The fourth-order valence-corrected chi connectivity index (χ4v) is 1.91. The second-order valence-corrected chi connectivity index (χ2v) is 4.47. The quantitative estimate of drug-likeness (QED) is 0.874. The number of morpholine rings is 1. The SMILES string of the molecule is CC1COC(CN)CN1c1ccc(C(F)(F)F)nn1. The Balaban J connectivity index is 2.16. The van der Waals surface area contributed by atoms with Gasteiger partial charge in [-0.15, -0.1) is 10.2 Å². The van der Waals surface area contributed by atoms with Gasteiger partial charge in [-0.2, -0.15) is 13.2 Å². The number of halogens is 3. The Morgan fingerprint density at radius 2 is 2.16 bits per heavy atom. The van der Waals surface area contributed by atoms with E-state index in [4.69, 9.17) is 10.5 Å². The van der Waals surface area contributed by atoms with Crippen LogP contribution < -0.4 is 10.6 Å². The smallest absolute Gasteiger partial charge is 0.373 e. The lowest BCUT2D eigenvalue weighted by Gasteiger charge is -2.38. The summed E-state index contributed by atoms with van der Waals surface area (Å²) in [5, 5.41) is 6.87. The van der Waals surface area contributed by atoms with Crippen molar-refractivity contribution in [3.05, 3.63) is 17.8 Å². The lowest BCUT2D eigenvalue weighted by atomic mass is 10.2. The third kappa shape index (κ3) is 3.13. The van der Waals surface area contributed by atoms with E-state index in [2.05, 4.69) is 10.2 Å². The van der Waals surface area contributed by atoms with Gasteiger partial charge in [0.2, 0.25) is 0 Å². The van der Waals surface area contributed by atoms with Crippen LogP contribution in [-0.2, 0) is 10.9 Å². The molecule has 2 rings (SSSR count). The van der Waals surface area contributed by atoms with E-state index >= 15 is 0 Å². The number of nitrogens with zero attached hydrogens (tertiary/aromatic N) is 3. The van der Waals surface area contributed by atoms with E-state index < -0.39 is 11.9 Å². The summed E-state index contributed by atoms with van der Waals surface area (Å²) in [6, 6.07) is 2.28. The number of nitrogens with two attached hydrogens (primary N) is 1. The van der Waals surface area contributed by atoms with Crippen molar-refractivity contribution in [3.63, 3.8) is 0 Å². The molecule has 2 atom stereocenters. The average Bonchev–Trinajstić information content (AvgIpc) is 2.38. The highest BCUT2D eigenvalue weighted by Crippen LogP contribution is 2.28. The lowest BCUT2D eigenvalue weighted by Crippen LogP contribution is -2.51. The molecule has 2 N–H and O–H groups in total. The maximum absolute atomic E-state index is 12.4. The Kier molecular flexibility index (Phi) is 3.91. The van der Waals surface area contributed by atoms with Crippen LogP contribution in [0.3, 0.4) is 0 Å². The molecule has 0 aliphatic carbocycles. The van der Waals surface area contributed by atoms with E-state index in [1.54, 1.807) is 0 Å². The van der Waals surface area contributed by atoms with Crippen molar-refractivity contribution in [2.75, 3.05) is 24.6 Å². The summed E-state index contributed by atoms with van der Waals surface area (Å²) in [7, 11) is 0. The summed E-state index contributed by atoms with van der Waals surface area (Å²) in [4.78, 5) is 1.86. The zero-order chi connectivity index (χ0) is 14.0. The topological polar surface area (TPSA) is 64.3 Å². The summed E-state index contributed by atoms with van der Waals surface area (Å²) in [6.45, 7) is 3.23. The Morgan fingerprint density at radius 1 is 1.42 bits per heavy atom. The van der Waals surface area contributed by atoms with Crippen molar-refractivity contribution >= 4 is 5.82 Å². The summed E-state index contributed by atoms with van der Waals surface area (Å²) < 4.78 is 42.7. The molecule has 0 saturated carbocycles. The Bertz CT molecular complexity index is 423. The van der Waals surface area contributed by atoms with Gasteiger partial charge in [0.05, 0.1) is 18.8 Å². The highest BCUT2D eigenvalue weighted by atomic mass is 19.4. The predicted octanol–water partition coefficient (Wildman–Crippen LogP) is 1.05.